The van der Waals surface area contributed by atoms with E-state index in [4.69, 9.17) is 14.2 Å². The van der Waals surface area contributed by atoms with Gasteiger partial charge in [0, 0.05) is 19.4 Å². The molecule has 9 nitrogen and oxygen atoms in total. The Labute approximate surface area is 119 Å². The van der Waals surface area contributed by atoms with E-state index < -0.39 is 42.4 Å². The average Bonchev–Trinajstić information content (AvgIpc) is 2.76. The molecule has 0 aliphatic carbocycles. The highest BCUT2D eigenvalue weighted by atomic mass is 16.6. The van der Waals surface area contributed by atoms with E-state index in [1.165, 1.54) is 13.3 Å². The molecule has 0 bridgehead atoms. The lowest BCUT2D eigenvalue weighted by molar-refractivity contribution is -0.0819. The summed E-state index contributed by atoms with van der Waals surface area (Å²) in [6, 6.07) is 1.16. The molecular weight excluding hydrogens is 284 g/mol. The van der Waals surface area contributed by atoms with Gasteiger partial charge in [-0.3, -0.25) is 14.3 Å². The Morgan fingerprint density at radius 1 is 1.43 bits per heavy atom. The summed E-state index contributed by atoms with van der Waals surface area (Å²) in [4.78, 5) is 25.0. The predicted octanol–water partition coefficient (Wildman–Crippen LogP) is -2.18. The Hall–Kier alpha value is -1.52. The number of aromatic nitrogens is 2. The van der Waals surface area contributed by atoms with Crippen molar-refractivity contribution >= 4 is 0 Å². The van der Waals surface area contributed by atoms with Gasteiger partial charge in [0.2, 0.25) is 0 Å². The molecule has 0 saturated carbocycles. The van der Waals surface area contributed by atoms with Crippen LogP contribution >= 0.6 is 0 Å². The third-order valence-electron chi connectivity index (χ3n) is 3.22. The van der Waals surface area contributed by atoms with Crippen LogP contribution in [0.1, 0.15) is 6.23 Å². The number of nitrogens with zero attached hydrogens (tertiary/aromatic N) is 1. The fourth-order valence-corrected chi connectivity index (χ4v) is 2.17. The van der Waals surface area contributed by atoms with E-state index in [1.807, 2.05) is 0 Å². The SMILES string of the molecule is COCCO[C@@H]1[C@@H](O)[C@H](CO)O[C@H]1n1ccc(=O)[nH]c1=O. The van der Waals surface area contributed by atoms with E-state index in [1.54, 1.807) is 0 Å². The number of rotatable bonds is 6. The molecule has 1 aromatic rings. The minimum Gasteiger partial charge on any atom is -0.394 e. The first-order chi connectivity index (χ1) is 10.1. The number of nitrogens with one attached hydrogen (secondary N) is 1. The molecule has 118 valence electrons. The van der Waals surface area contributed by atoms with Crippen LogP contribution in [-0.2, 0) is 14.2 Å². The van der Waals surface area contributed by atoms with E-state index in [0.717, 1.165) is 10.6 Å². The molecule has 0 amide bonds. The summed E-state index contributed by atoms with van der Waals surface area (Å²) >= 11 is 0. The van der Waals surface area contributed by atoms with Crippen molar-refractivity contribution in [1.82, 2.24) is 9.55 Å². The van der Waals surface area contributed by atoms with E-state index in [9.17, 15) is 19.8 Å². The molecule has 21 heavy (non-hydrogen) atoms. The highest BCUT2D eigenvalue weighted by Gasteiger charge is 2.45. The molecule has 9 heteroatoms. The number of methoxy groups -OCH3 is 1. The Kier molecular flexibility index (Phi) is 5.26. The molecule has 2 rings (SSSR count). The zero-order chi connectivity index (χ0) is 15.4. The second-order valence-electron chi connectivity index (χ2n) is 4.58. The first-order valence-corrected chi connectivity index (χ1v) is 6.45. The van der Waals surface area contributed by atoms with Crippen molar-refractivity contribution in [1.29, 1.82) is 0 Å². The van der Waals surface area contributed by atoms with Gasteiger partial charge in [0.15, 0.2) is 6.23 Å². The van der Waals surface area contributed by atoms with E-state index in [2.05, 4.69) is 4.98 Å². The zero-order valence-electron chi connectivity index (χ0n) is 11.5. The fraction of sp³-hybridized carbons (Fsp3) is 0.667. The predicted molar refractivity (Wildman–Crippen MR) is 69.9 cm³/mol. The van der Waals surface area contributed by atoms with Crippen molar-refractivity contribution in [3.05, 3.63) is 33.1 Å². The molecule has 1 fully saturated rings. The van der Waals surface area contributed by atoms with Crippen LogP contribution in [-0.4, -0.2) is 65.0 Å². The fourth-order valence-electron chi connectivity index (χ4n) is 2.17. The summed E-state index contributed by atoms with van der Waals surface area (Å²) in [6.45, 7) is 0.0779. The second kappa shape index (κ2) is 6.96. The maximum Gasteiger partial charge on any atom is 0.330 e. The molecule has 3 N–H and O–H groups in total. The molecular formula is C12H18N2O7. The maximum atomic E-state index is 11.8. The lowest BCUT2D eigenvalue weighted by atomic mass is 10.1. The van der Waals surface area contributed by atoms with Gasteiger partial charge < -0.3 is 24.4 Å². The second-order valence-corrected chi connectivity index (χ2v) is 4.58. The molecule has 2 heterocycles. The quantitative estimate of drug-likeness (QED) is 0.510. The van der Waals surface area contributed by atoms with E-state index >= 15 is 0 Å². The summed E-state index contributed by atoms with van der Waals surface area (Å²) < 4.78 is 16.9. The van der Waals surface area contributed by atoms with Gasteiger partial charge in [0.05, 0.1) is 19.8 Å². The van der Waals surface area contributed by atoms with Gasteiger partial charge >= 0.3 is 5.69 Å². The van der Waals surface area contributed by atoms with Crippen LogP contribution < -0.4 is 11.2 Å². The molecule has 0 spiro atoms. The zero-order valence-corrected chi connectivity index (χ0v) is 11.5. The Morgan fingerprint density at radius 3 is 2.81 bits per heavy atom. The average molecular weight is 302 g/mol. The summed E-state index contributed by atoms with van der Waals surface area (Å²) in [5.41, 5.74) is -1.22. The molecule has 1 aliphatic rings. The van der Waals surface area contributed by atoms with Crippen molar-refractivity contribution in [3.8, 4) is 0 Å². The number of aliphatic hydroxyl groups excluding tert-OH is 2. The maximum absolute atomic E-state index is 11.8. The first kappa shape index (κ1) is 15.9. The normalized spacial score (nSPS) is 28.9. The van der Waals surface area contributed by atoms with Crippen molar-refractivity contribution in [2.75, 3.05) is 26.9 Å². The van der Waals surface area contributed by atoms with Gasteiger partial charge in [-0.2, -0.15) is 0 Å². The van der Waals surface area contributed by atoms with Gasteiger partial charge in [-0.15, -0.1) is 0 Å². The van der Waals surface area contributed by atoms with Gasteiger partial charge in [-0.25, -0.2) is 4.79 Å². The minimum absolute atomic E-state index is 0.189. The third-order valence-corrected chi connectivity index (χ3v) is 3.22. The highest BCUT2D eigenvalue weighted by molar-refractivity contribution is 4.93. The Morgan fingerprint density at radius 2 is 2.19 bits per heavy atom. The van der Waals surface area contributed by atoms with Crippen LogP contribution in [0.15, 0.2) is 21.9 Å². The summed E-state index contributed by atoms with van der Waals surface area (Å²) in [5, 5.41) is 19.3. The van der Waals surface area contributed by atoms with Gasteiger partial charge in [-0.05, 0) is 0 Å². The monoisotopic (exact) mass is 302 g/mol. The molecule has 4 atom stereocenters. The van der Waals surface area contributed by atoms with Crippen LogP contribution in [0.5, 0.6) is 0 Å². The standard InChI is InChI=1S/C12H18N2O7/c1-19-4-5-20-10-9(17)7(6-15)21-11(10)14-3-2-8(16)13-12(14)18/h2-3,7,9-11,15,17H,4-6H2,1H3,(H,13,16,18)/t7-,9-,10+,11+/m0/s1. The minimum atomic E-state index is -1.10. The summed E-state index contributed by atoms with van der Waals surface area (Å²) in [7, 11) is 1.51. The number of hydrogen-bond acceptors (Lipinski definition) is 7. The van der Waals surface area contributed by atoms with Crippen molar-refractivity contribution in [2.45, 2.75) is 24.5 Å². The molecule has 0 aromatic carbocycles. The Bertz CT molecular complexity index is 569. The van der Waals surface area contributed by atoms with Crippen molar-refractivity contribution in [2.24, 2.45) is 0 Å². The van der Waals surface area contributed by atoms with Gasteiger partial charge in [0.25, 0.3) is 5.56 Å². The Balaban J connectivity index is 2.25. The van der Waals surface area contributed by atoms with Crippen molar-refractivity contribution in [3.63, 3.8) is 0 Å². The number of aromatic amines is 1. The molecule has 1 aliphatic heterocycles. The molecule has 0 radical (unpaired) electrons. The number of hydrogen-bond donors (Lipinski definition) is 3. The first-order valence-electron chi connectivity index (χ1n) is 6.45. The number of H-pyrrole nitrogens is 1. The molecule has 1 aromatic heterocycles. The highest BCUT2D eigenvalue weighted by Crippen LogP contribution is 2.30. The lowest BCUT2D eigenvalue weighted by Gasteiger charge is -2.22. The van der Waals surface area contributed by atoms with E-state index in [0.29, 0.717) is 6.61 Å². The van der Waals surface area contributed by atoms with Crippen LogP contribution in [0.2, 0.25) is 0 Å². The van der Waals surface area contributed by atoms with Crippen LogP contribution in [0.3, 0.4) is 0 Å². The summed E-state index contributed by atoms with van der Waals surface area (Å²) in [6.07, 6.45) is -2.53. The lowest BCUT2D eigenvalue weighted by Crippen LogP contribution is -2.39. The number of aliphatic hydroxyl groups is 2. The van der Waals surface area contributed by atoms with Crippen LogP contribution in [0.25, 0.3) is 0 Å². The smallest absolute Gasteiger partial charge is 0.330 e. The largest absolute Gasteiger partial charge is 0.394 e. The summed E-state index contributed by atoms with van der Waals surface area (Å²) in [5.74, 6) is 0. The molecule has 1 saturated heterocycles. The topological polar surface area (TPSA) is 123 Å². The van der Waals surface area contributed by atoms with Crippen LogP contribution in [0.4, 0.5) is 0 Å². The van der Waals surface area contributed by atoms with Crippen molar-refractivity contribution < 1.29 is 24.4 Å². The number of ether oxygens (including phenoxy) is 3. The van der Waals surface area contributed by atoms with E-state index in [-0.39, 0.29) is 6.61 Å². The third kappa shape index (κ3) is 3.39. The molecule has 0 unspecified atom stereocenters. The van der Waals surface area contributed by atoms with Gasteiger partial charge in [-0.1, -0.05) is 0 Å². The van der Waals surface area contributed by atoms with Crippen LogP contribution in [0, 0.1) is 0 Å². The van der Waals surface area contributed by atoms with Gasteiger partial charge in [0.1, 0.15) is 18.3 Å².